The van der Waals surface area contributed by atoms with Gasteiger partial charge < -0.3 is 9.13 Å². The number of tetrazole rings is 1. The molecule has 0 bridgehead atoms. The number of aryl methyl sites for hydroxylation is 2. The number of pyridine rings is 1. The van der Waals surface area contributed by atoms with Gasteiger partial charge in [-0.25, -0.2) is 15.1 Å². The van der Waals surface area contributed by atoms with Gasteiger partial charge in [-0.05, 0) is 64.7 Å². The number of rotatable bonds is 7. The van der Waals surface area contributed by atoms with Crippen LogP contribution in [0.25, 0.3) is 34.4 Å². The highest BCUT2D eigenvalue weighted by molar-refractivity contribution is 5.75. The van der Waals surface area contributed by atoms with Gasteiger partial charge in [-0.15, -0.1) is 5.10 Å². The Hall–Kier alpha value is -4.07. The maximum absolute atomic E-state index is 4.88. The van der Waals surface area contributed by atoms with E-state index in [2.05, 4.69) is 79.4 Å². The molecule has 4 aromatic heterocycles. The van der Waals surface area contributed by atoms with Crippen LogP contribution in [0.1, 0.15) is 35.9 Å². The Morgan fingerprint density at radius 2 is 2.00 bits per heavy atom. The molecule has 32 heavy (non-hydrogen) atoms. The molecule has 0 saturated heterocycles. The summed E-state index contributed by atoms with van der Waals surface area (Å²) in [5.74, 6) is 1.69. The molecule has 5 rings (SSSR count). The van der Waals surface area contributed by atoms with Crippen molar-refractivity contribution in [3.63, 3.8) is 0 Å². The monoisotopic (exact) mass is 424 g/mol. The molecular formula is C24H24N8. The van der Waals surface area contributed by atoms with E-state index in [4.69, 9.17) is 4.98 Å². The lowest BCUT2D eigenvalue weighted by molar-refractivity contribution is 0.716. The van der Waals surface area contributed by atoms with Gasteiger partial charge in [-0.2, -0.15) is 0 Å². The number of aromatic amines is 1. The van der Waals surface area contributed by atoms with E-state index in [1.54, 1.807) is 0 Å². The van der Waals surface area contributed by atoms with Crippen molar-refractivity contribution in [2.45, 2.75) is 33.2 Å². The summed E-state index contributed by atoms with van der Waals surface area (Å²) in [5, 5.41) is 14.3. The lowest BCUT2D eigenvalue weighted by atomic mass is 10.2. The van der Waals surface area contributed by atoms with Gasteiger partial charge >= 0.3 is 0 Å². The first-order valence-corrected chi connectivity index (χ1v) is 10.7. The third kappa shape index (κ3) is 3.49. The zero-order valence-corrected chi connectivity index (χ0v) is 18.2. The SMILES string of the molecule is C=Cc1cc(-c2nnn[nH]2)n(-c2ccc(Cn3c(CCC)nc4c(C)ccnc43)cc2)c1. The first-order valence-electron chi connectivity index (χ1n) is 10.7. The van der Waals surface area contributed by atoms with Gasteiger partial charge in [-0.3, -0.25) is 0 Å². The highest BCUT2D eigenvalue weighted by atomic mass is 15.5. The molecule has 0 radical (unpaired) electrons. The minimum Gasteiger partial charge on any atom is -0.313 e. The van der Waals surface area contributed by atoms with Crippen LogP contribution in [0.3, 0.4) is 0 Å². The molecule has 8 nitrogen and oxygen atoms in total. The third-order valence-electron chi connectivity index (χ3n) is 5.61. The van der Waals surface area contributed by atoms with Crippen molar-refractivity contribution in [1.82, 2.24) is 39.7 Å². The Labute approximate surface area is 185 Å². The summed E-state index contributed by atoms with van der Waals surface area (Å²) in [5.41, 5.74) is 7.17. The fourth-order valence-electron chi connectivity index (χ4n) is 3.97. The predicted molar refractivity (Wildman–Crippen MR) is 124 cm³/mol. The second-order valence-electron chi connectivity index (χ2n) is 7.81. The fourth-order valence-corrected chi connectivity index (χ4v) is 3.97. The molecule has 0 atom stereocenters. The minimum absolute atomic E-state index is 0.609. The summed E-state index contributed by atoms with van der Waals surface area (Å²) < 4.78 is 4.29. The van der Waals surface area contributed by atoms with Crippen LogP contribution >= 0.6 is 0 Å². The number of H-pyrrole nitrogens is 1. The first-order chi connectivity index (χ1) is 15.7. The molecule has 160 valence electrons. The Morgan fingerprint density at radius 1 is 1.16 bits per heavy atom. The summed E-state index contributed by atoms with van der Waals surface area (Å²) in [7, 11) is 0. The van der Waals surface area contributed by atoms with Crippen molar-refractivity contribution >= 4 is 17.2 Å². The molecule has 1 N–H and O–H groups in total. The Bertz CT molecular complexity index is 1370. The Morgan fingerprint density at radius 3 is 2.72 bits per heavy atom. The second-order valence-corrected chi connectivity index (χ2v) is 7.81. The van der Waals surface area contributed by atoms with Gasteiger partial charge in [0, 0.05) is 24.5 Å². The van der Waals surface area contributed by atoms with Crippen molar-refractivity contribution in [2.24, 2.45) is 0 Å². The largest absolute Gasteiger partial charge is 0.313 e. The number of nitrogens with zero attached hydrogens (tertiary/aromatic N) is 7. The van der Waals surface area contributed by atoms with Crippen LogP contribution in [0, 0.1) is 6.92 Å². The van der Waals surface area contributed by atoms with Crippen molar-refractivity contribution < 1.29 is 0 Å². The van der Waals surface area contributed by atoms with E-state index in [1.807, 2.05) is 30.6 Å². The number of benzene rings is 1. The number of aromatic nitrogens is 8. The van der Waals surface area contributed by atoms with E-state index in [0.717, 1.165) is 58.9 Å². The predicted octanol–water partition coefficient (Wildman–Crippen LogP) is 4.35. The molecule has 0 unspecified atom stereocenters. The number of imidazole rings is 1. The lowest BCUT2D eigenvalue weighted by Crippen LogP contribution is -2.06. The van der Waals surface area contributed by atoms with Crippen LogP contribution in [0.4, 0.5) is 0 Å². The van der Waals surface area contributed by atoms with Crippen LogP contribution in [0.2, 0.25) is 0 Å². The summed E-state index contributed by atoms with van der Waals surface area (Å²) in [6.07, 6.45) is 7.66. The van der Waals surface area contributed by atoms with Gasteiger partial charge in [-0.1, -0.05) is 31.7 Å². The smallest absolute Gasteiger partial charge is 0.196 e. The maximum Gasteiger partial charge on any atom is 0.196 e. The first kappa shape index (κ1) is 19.9. The van der Waals surface area contributed by atoms with Gasteiger partial charge in [0.05, 0.1) is 12.2 Å². The van der Waals surface area contributed by atoms with Gasteiger partial charge in [0.15, 0.2) is 11.5 Å². The van der Waals surface area contributed by atoms with E-state index in [9.17, 15) is 0 Å². The highest BCUT2D eigenvalue weighted by Gasteiger charge is 2.15. The number of hydrogen-bond acceptors (Lipinski definition) is 5. The number of fused-ring (bicyclic) bond motifs is 1. The standard InChI is InChI=1S/C24H24N8/c1-4-6-21-26-22-16(3)11-12-25-24(22)32(21)15-18-7-9-19(10-8-18)31-14-17(5-2)13-20(31)23-27-29-30-28-23/h5,7-14H,2,4,6,15H2,1,3H3,(H,27,28,29,30). The lowest BCUT2D eigenvalue weighted by Gasteiger charge is -2.11. The fraction of sp³-hybridized carbons (Fsp3) is 0.208. The molecule has 8 heteroatoms. The molecule has 0 aliphatic carbocycles. The Kier molecular flexibility index (Phi) is 5.10. The second kappa shape index (κ2) is 8.22. The van der Waals surface area contributed by atoms with Crippen LogP contribution in [-0.4, -0.2) is 39.7 Å². The molecule has 0 fully saturated rings. The topological polar surface area (TPSA) is 90.1 Å². The van der Waals surface area contributed by atoms with E-state index < -0.39 is 0 Å². The van der Waals surface area contributed by atoms with Crippen molar-refractivity contribution in [3.8, 4) is 17.2 Å². The highest BCUT2D eigenvalue weighted by Crippen LogP contribution is 2.25. The Balaban J connectivity index is 1.50. The van der Waals surface area contributed by atoms with Crippen LogP contribution in [-0.2, 0) is 13.0 Å². The minimum atomic E-state index is 0.609. The molecule has 0 amide bonds. The van der Waals surface area contributed by atoms with Crippen LogP contribution < -0.4 is 0 Å². The van der Waals surface area contributed by atoms with Gasteiger partial charge in [0.25, 0.3) is 0 Å². The van der Waals surface area contributed by atoms with Crippen molar-refractivity contribution in [1.29, 1.82) is 0 Å². The molecule has 0 aliphatic heterocycles. The van der Waals surface area contributed by atoms with Crippen LogP contribution in [0.15, 0.2) is 55.4 Å². The molecule has 4 heterocycles. The molecule has 5 aromatic rings. The number of hydrogen-bond donors (Lipinski definition) is 1. The average molecular weight is 425 g/mol. The maximum atomic E-state index is 4.88. The normalized spacial score (nSPS) is 11.3. The summed E-state index contributed by atoms with van der Waals surface area (Å²) in [6, 6.07) is 12.5. The number of nitrogens with one attached hydrogen (secondary N) is 1. The van der Waals surface area contributed by atoms with Gasteiger partial charge in [0.2, 0.25) is 0 Å². The molecule has 0 aliphatic rings. The van der Waals surface area contributed by atoms with E-state index in [-0.39, 0.29) is 0 Å². The zero-order chi connectivity index (χ0) is 22.1. The third-order valence-corrected chi connectivity index (χ3v) is 5.61. The molecule has 0 saturated carbocycles. The van der Waals surface area contributed by atoms with E-state index in [1.165, 1.54) is 5.56 Å². The quantitative estimate of drug-likeness (QED) is 0.419. The average Bonchev–Trinajstić information content (AvgIpc) is 3.54. The van der Waals surface area contributed by atoms with Gasteiger partial charge in [0.1, 0.15) is 11.3 Å². The van der Waals surface area contributed by atoms with Crippen molar-refractivity contribution in [2.75, 3.05) is 0 Å². The van der Waals surface area contributed by atoms with E-state index in [0.29, 0.717) is 5.82 Å². The zero-order valence-electron chi connectivity index (χ0n) is 18.2. The summed E-state index contributed by atoms with van der Waals surface area (Å²) in [4.78, 5) is 9.50. The summed E-state index contributed by atoms with van der Waals surface area (Å²) in [6.45, 7) is 8.87. The summed E-state index contributed by atoms with van der Waals surface area (Å²) >= 11 is 0. The molecular weight excluding hydrogens is 400 g/mol. The molecule has 0 spiro atoms. The van der Waals surface area contributed by atoms with Crippen molar-refractivity contribution in [3.05, 3.63) is 77.9 Å². The molecule has 1 aromatic carbocycles. The van der Waals surface area contributed by atoms with Crippen LogP contribution in [0.5, 0.6) is 0 Å². The van der Waals surface area contributed by atoms with E-state index >= 15 is 0 Å².